The van der Waals surface area contributed by atoms with E-state index in [4.69, 9.17) is 48.4 Å². The molecule has 22 nitrogen and oxygen atoms in total. The highest BCUT2D eigenvalue weighted by atomic mass is 19.1. The smallest absolute Gasteiger partial charge is 0.414 e. The van der Waals surface area contributed by atoms with Gasteiger partial charge in [0.1, 0.15) is 35.3 Å². The predicted octanol–water partition coefficient (Wildman–Crippen LogP) is 4.66. The van der Waals surface area contributed by atoms with Gasteiger partial charge < -0.3 is 84.3 Å². The summed E-state index contributed by atoms with van der Waals surface area (Å²) in [4.78, 5) is 56.5. The molecule has 20 atom stereocenters. The Hall–Kier alpha value is -4.01. The molecule has 1 aromatic carbocycles. The number of hydrogen-bond donors (Lipinski definition) is 7. The van der Waals surface area contributed by atoms with Gasteiger partial charge in [-0.3, -0.25) is 14.5 Å². The van der Waals surface area contributed by atoms with Crippen LogP contribution in [0.25, 0.3) is 0 Å². The number of methoxy groups -OCH3 is 1. The van der Waals surface area contributed by atoms with E-state index in [1.165, 1.54) is 25.0 Å². The van der Waals surface area contributed by atoms with Gasteiger partial charge in [0, 0.05) is 57.5 Å². The lowest BCUT2D eigenvalue weighted by Crippen LogP contribution is -2.61. The number of ether oxygens (including phenoxy) is 9. The van der Waals surface area contributed by atoms with Gasteiger partial charge in [0.2, 0.25) is 5.91 Å². The SMILES string of the molecule is CC[C@H]1OC(=O)[C@H](C)[C@@H](OC2CC(C)(OC)C(OC(=O)NCCCCCC(=O)NC[C@H]3CN(c4ccc(N5CCOCC5)c(F)c4)C(=O)O3)C(C)O2)C(C)[C@@H](OC2OC(C)CC(C)C2O)[C@](C)(O)C[C@@H](C)[C@H](N)[C@H](C)[C@@H](O)[C@]1(C)O. The van der Waals surface area contributed by atoms with E-state index in [1.54, 1.807) is 60.6 Å². The van der Waals surface area contributed by atoms with Crippen LogP contribution in [0.15, 0.2) is 18.2 Å². The summed E-state index contributed by atoms with van der Waals surface area (Å²) in [7, 11) is 1.48. The minimum absolute atomic E-state index is 0.00738. The van der Waals surface area contributed by atoms with Crippen molar-refractivity contribution in [2.24, 2.45) is 35.3 Å². The predicted molar refractivity (Wildman–Crippen MR) is 292 cm³/mol. The molecule has 5 saturated heterocycles. The third-order valence-corrected chi connectivity index (χ3v) is 17.4. The monoisotopic (exact) mass is 1140 g/mol. The Kier molecular flexibility index (Phi) is 22.8. The molecule has 0 aliphatic carbocycles. The number of unbranched alkanes of at least 4 members (excludes halogenated alkanes) is 2. The van der Waals surface area contributed by atoms with Crippen LogP contribution in [0, 0.1) is 35.4 Å². The van der Waals surface area contributed by atoms with Crippen LogP contribution in [0.3, 0.4) is 0 Å². The Morgan fingerprint density at radius 1 is 0.887 bits per heavy atom. The maximum atomic E-state index is 15.1. The highest BCUT2D eigenvalue weighted by Crippen LogP contribution is 2.42. The van der Waals surface area contributed by atoms with Gasteiger partial charge in [-0.1, -0.05) is 41.0 Å². The van der Waals surface area contributed by atoms with Crippen LogP contribution < -0.4 is 26.2 Å². The van der Waals surface area contributed by atoms with Crippen molar-refractivity contribution in [1.82, 2.24) is 10.6 Å². The van der Waals surface area contributed by atoms with Crippen molar-refractivity contribution in [2.45, 2.75) is 218 Å². The Balaban J connectivity index is 1.04. The number of amides is 3. The molecule has 5 aliphatic heterocycles. The van der Waals surface area contributed by atoms with Gasteiger partial charge in [-0.2, -0.15) is 0 Å². The molecule has 0 aromatic heterocycles. The first kappa shape index (κ1) is 65.1. The average Bonchev–Trinajstić information content (AvgIpc) is 3.91. The number of alkyl carbamates (subject to hydrolysis) is 1. The third-order valence-electron chi connectivity index (χ3n) is 17.4. The molecule has 5 aliphatic rings. The molecule has 0 saturated carbocycles. The van der Waals surface area contributed by atoms with Crippen molar-refractivity contribution in [2.75, 3.05) is 62.8 Å². The normalized spacial score (nSPS) is 39.6. The molecule has 5 heterocycles. The van der Waals surface area contributed by atoms with Gasteiger partial charge in [0.15, 0.2) is 18.7 Å². The minimum atomic E-state index is -1.92. The number of aliphatic hydroxyl groups excluding tert-OH is 2. The first-order chi connectivity index (χ1) is 37.6. The van der Waals surface area contributed by atoms with Crippen LogP contribution in [0.5, 0.6) is 0 Å². The maximum Gasteiger partial charge on any atom is 0.414 e. The van der Waals surface area contributed by atoms with Crippen LogP contribution in [0.4, 0.5) is 25.4 Å². The van der Waals surface area contributed by atoms with E-state index in [1.807, 2.05) is 25.7 Å². The fourth-order valence-electron chi connectivity index (χ4n) is 12.4. The van der Waals surface area contributed by atoms with Gasteiger partial charge in [0.05, 0.1) is 79.7 Å². The second-order valence-electron chi connectivity index (χ2n) is 24.0. The Morgan fingerprint density at radius 2 is 1.59 bits per heavy atom. The molecule has 23 heteroatoms. The number of carbonyl (C=O) groups is 4. The summed E-state index contributed by atoms with van der Waals surface area (Å²) in [6.07, 6.45) is -9.53. The van der Waals surface area contributed by atoms with Crippen LogP contribution >= 0.6 is 0 Å². The van der Waals surface area contributed by atoms with E-state index in [0.29, 0.717) is 63.4 Å². The highest BCUT2D eigenvalue weighted by Gasteiger charge is 2.54. The number of benzene rings is 1. The Morgan fingerprint density at radius 3 is 2.25 bits per heavy atom. The van der Waals surface area contributed by atoms with Gasteiger partial charge in [-0.05, 0) is 104 Å². The molecule has 80 heavy (non-hydrogen) atoms. The lowest BCUT2D eigenvalue weighted by atomic mass is 9.72. The lowest BCUT2D eigenvalue weighted by molar-refractivity contribution is -0.317. The molecule has 1 aromatic rings. The summed E-state index contributed by atoms with van der Waals surface area (Å²) in [5.74, 6) is -4.78. The third kappa shape index (κ3) is 15.8. The number of cyclic esters (lactones) is 2. The summed E-state index contributed by atoms with van der Waals surface area (Å²) in [6, 6.07) is 3.89. The second kappa shape index (κ2) is 28.0. The summed E-state index contributed by atoms with van der Waals surface area (Å²) in [6.45, 7) is 21.5. The van der Waals surface area contributed by atoms with Crippen LogP contribution in [0.1, 0.15) is 128 Å². The fraction of sp³-hybridized carbons (Fsp3) is 0.825. The molecule has 5 fully saturated rings. The minimum Gasteiger partial charge on any atom is -0.459 e. The first-order valence-electron chi connectivity index (χ1n) is 28.9. The highest BCUT2D eigenvalue weighted by molar-refractivity contribution is 5.90. The molecule has 456 valence electrons. The van der Waals surface area contributed by atoms with Crippen LogP contribution in [0.2, 0.25) is 0 Å². The summed E-state index contributed by atoms with van der Waals surface area (Å²) in [5, 5.41) is 53.1. The number of hydrogen-bond acceptors (Lipinski definition) is 19. The molecular formula is C57H94FN5O17. The van der Waals surface area contributed by atoms with E-state index >= 15 is 4.39 Å². The number of nitrogens with one attached hydrogen (secondary N) is 2. The van der Waals surface area contributed by atoms with E-state index in [0.717, 1.165) is 0 Å². The van der Waals surface area contributed by atoms with Crippen LogP contribution in [-0.2, 0) is 52.2 Å². The van der Waals surface area contributed by atoms with Crippen molar-refractivity contribution in [3.63, 3.8) is 0 Å². The zero-order valence-electron chi connectivity index (χ0n) is 49.1. The van der Waals surface area contributed by atoms with Gasteiger partial charge in [-0.15, -0.1) is 0 Å². The lowest BCUT2D eigenvalue weighted by Gasteiger charge is -2.49. The number of carbonyl (C=O) groups excluding carboxylic acids is 4. The zero-order chi connectivity index (χ0) is 59.0. The van der Waals surface area contributed by atoms with E-state index in [2.05, 4.69) is 10.6 Å². The first-order valence-corrected chi connectivity index (χ1v) is 28.9. The van der Waals surface area contributed by atoms with Gasteiger partial charge in [-0.25, -0.2) is 14.0 Å². The van der Waals surface area contributed by atoms with Gasteiger partial charge in [0.25, 0.3) is 0 Å². The number of nitrogens with two attached hydrogens (primary N) is 1. The van der Waals surface area contributed by atoms with Crippen molar-refractivity contribution in [1.29, 1.82) is 0 Å². The molecule has 0 spiro atoms. The number of anilines is 2. The molecular weight excluding hydrogens is 1050 g/mol. The number of aliphatic hydroxyl groups is 4. The maximum absolute atomic E-state index is 15.1. The summed E-state index contributed by atoms with van der Waals surface area (Å²) in [5.41, 5.74) is 2.78. The summed E-state index contributed by atoms with van der Waals surface area (Å²) < 4.78 is 70.1. The number of esters is 1. The van der Waals surface area contributed by atoms with E-state index in [-0.39, 0.29) is 63.2 Å². The quantitative estimate of drug-likeness (QED) is 0.0634. The average molecular weight is 1140 g/mol. The van der Waals surface area contributed by atoms with Crippen molar-refractivity contribution < 1.29 is 86.6 Å². The zero-order valence-corrected chi connectivity index (χ0v) is 49.1. The van der Waals surface area contributed by atoms with Crippen LogP contribution in [-0.4, -0.2) is 188 Å². The Labute approximate surface area is 471 Å². The number of morpholine rings is 1. The fourth-order valence-corrected chi connectivity index (χ4v) is 12.4. The van der Waals surface area contributed by atoms with Crippen molar-refractivity contribution >= 4 is 35.4 Å². The number of nitrogens with zero attached hydrogens (tertiary/aromatic N) is 2. The second-order valence-corrected chi connectivity index (χ2v) is 24.0. The molecule has 3 amide bonds. The molecule has 0 bridgehead atoms. The molecule has 0 radical (unpaired) electrons. The van der Waals surface area contributed by atoms with Crippen molar-refractivity contribution in [3.8, 4) is 0 Å². The molecule has 8 N–H and O–H groups in total. The van der Waals surface area contributed by atoms with E-state index in [9.17, 15) is 39.6 Å². The van der Waals surface area contributed by atoms with Gasteiger partial charge >= 0.3 is 18.2 Å². The number of rotatable bonds is 17. The molecule has 9 unspecified atom stereocenters. The standard InChI is InChI=1S/C57H94FN5O17/c1-13-42-57(11,71)48(66)34(5)45(59)32(3)27-55(9,70)49(79-52-46(65)31(2)25-33(4)74-52)35(6)47(36(7)51(67)77-42)78-44-28-56(10,72-12)50(37(8)75-44)80-53(68)60-20-16-14-15-17-43(64)61-29-39-30-63(54(69)76-39)38-18-19-41(40(58)26-38)62-21-23-73-24-22-62/h18-19,26,31-37,39,42,44-50,52,65-66,70-71H,13-17,20-25,27-30,59H2,1-12H3,(H,60,68)(H,61,64)/t31?,32-,33?,34+,35?,36-,37?,39+,42-,44?,45+,46?,47+,48-,49-,50?,52?,55-,56?,57-/m1/s1. The van der Waals surface area contributed by atoms with E-state index < -0.39 is 132 Å². The Bertz CT molecular complexity index is 2210. The largest absolute Gasteiger partial charge is 0.459 e. The van der Waals surface area contributed by atoms with Crippen molar-refractivity contribution in [3.05, 3.63) is 24.0 Å². The molecule has 6 rings (SSSR count). The topological polar surface area (TPSA) is 289 Å². The summed E-state index contributed by atoms with van der Waals surface area (Å²) >= 11 is 0. The number of halogens is 1.